The van der Waals surface area contributed by atoms with Crippen LogP contribution in [0.25, 0.3) is 0 Å². The molecule has 0 aliphatic heterocycles. The van der Waals surface area contributed by atoms with Crippen LogP contribution < -0.4 is 20.9 Å². The van der Waals surface area contributed by atoms with Gasteiger partial charge in [-0.3, -0.25) is 25.8 Å². The van der Waals surface area contributed by atoms with E-state index in [4.69, 9.17) is 17.0 Å². The van der Waals surface area contributed by atoms with Crippen LogP contribution in [-0.4, -0.2) is 23.5 Å². The number of thiocarbonyl (C=S) groups is 1. The molecule has 0 heterocycles. The van der Waals surface area contributed by atoms with Gasteiger partial charge >= 0.3 is 0 Å². The third-order valence-electron chi connectivity index (χ3n) is 3.42. The highest BCUT2D eigenvalue weighted by Gasteiger charge is 2.12. The van der Waals surface area contributed by atoms with E-state index < -0.39 is 5.91 Å². The molecule has 26 heavy (non-hydrogen) atoms. The number of ether oxygens (including phenoxy) is 1. The molecule has 0 saturated carbocycles. The number of hydrazine groups is 1. The number of para-hydroxylation sites is 1. The lowest BCUT2D eigenvalue weighted by molar-refractivity contribution is -0.123. The maximum atomic E-state index is 12.1. The smallest absolute Gasteiger partial charge is 0.276 e. The minimum Gasteiger partial charge on any atom is -0.483 e. The van der Waals surface area contributed by atoms with Crippen LogP contribution in [0, 0.1) is 17.4 Å². The fourth-order valence-corrected chi connectivity index (χ4v) is 2.95. The Morgan fingerprint density at radius 2 is 1.69 bits per heavy atom. The molecule has 2 aromatic rings. The molecule has 0 bridgehead atoms. The summed E-state index contributed by atoms with van der Waals surface area (Å²) < 4.78 is 6.35. The summed E-state index contributed by atoms with van der Waals surface area (Å²) in [5, 5.41) is 2.50. The highest BCUT2D eigenvalue weighted by atomic mass is 127. The van der Waals surface area contributed by atoms with Crippen molar-refractivity contribution in [2.75, 3.05) is 6.61 Å². The lowest BCUT2D eigenvalue weighted by Gasteiger charge is -2.13. The summed E-state index contributed by atoms with van der Waals surface area (Å²) in [6, 6.07) is 12.9. The van der Waals surface area contributed by atoms with Gasteiger partial charge in [0.2, 0.25) is 0 Å². The first-order valence-corrected chi connectivity index (χ1v) is 9.21. The summed E-state index contributed by atoms with van der Waals surface area (Å²) in [7, 11) is 0. The van der Waals surface area contributed by atoms with Gasteiger partial charge in [-0.2, -0.15) is 0 Å². The topological polar surface area (TPSA) is 79.5 Å². The summed E-state index contributed by atoms with van der Waals surface area (Å²) in [6.07, 6.45) is 0. The molecule has 8 heteroatoms. The van der Waals surface area contributed by atoms with E-state index in [-0.39, 0.29) is 17.6 Å². The second-order valence-corrected chi connectivity index (χ2v) is 7.02. The van der Waals surface area contributed by atoms with Crippen LogP contribution in [0.4, 0.5) is 0 Å². The Hall–Kier alpha value is -2.20. The number of benzene rings is 2. The molecule has 136 valence electrons. The zero-order valence-electron chi connectivity index (χ0n) is 14.3. The van der Waals surface area contributed by atoms with Crippen molar-refractivity contribution >= 4 is 51.7 Å². The molecule has 0 aliphatic rings. The molecule has 0 saturated heterocycles. The summed E-state index contributed by atoms with van der Waals surface area (Å²) in [6.45, 7) is 3.65. The fourth-order valence-electron chi connectivity index (χ4n) is 2.17. The molecule has 2 aromatic carbocycles. The number of rotatable bonds is 4. The molecule has 0 fully saturated rings. The average Bonchev–Trinajstić information content (AvgIpc) is 2.60. The average molecular weight is 483 g/mol. The highest BCUT2D eigenvalue weighted by Crippen LogP contribution is 2.21. The van der Waals surface area contributed by atoms with Gasteiger partial charge in [-0.1, -0.05) is 30.3 Å². The van der Waals surface area contributed by atoms with E-state index in [0.717, 1.165) is 14.7 Å². The molecule has 2 rings (SSSR count). The third-order valence-corrected chi connectivity index (χ3v) is 4.56. The van der Waals surface area contributed by atoms with E-state index in [0.29, 0.717) is 11.3 Å². The summed E-state index contributed by atoms with van der Waals surface area (Å²) in [4.78, 5) is 24.0. The molecular formula is C18H18IN3O3S. The van der Waals surface area contributed by atoms with Gasteiger partial charge in [0.25, 0.3) is 11.8 Å². The lowest BCUT2D eigenvalue weighted by atomic mass is 10.1. The molecule has 0 spiro atoms. The van der Waals surface area contributed by atoms with Crippen molar-refractivity contribution in [3.8, 4) is 5.75 Å². The van der Waals surface area contributed by atoms with Crippen molar-refractivity contribution in [1.82, 2.24) is 16.2 Å². The lowest BCUT2D eigenvalue weighted by Crippen LogP contribution is -2.49. The van der Waals surface area contributed by atoms with Crippen molar-refractivity contribution in [3.05, 3.63) is 62.7 Å². The van der Waals surface area contributed by atoms with E-state index in [1.165, 1.54) is 0 Å². The first-order chi connectivity index (χ1) is 12.4. The predicted molar refractivity (Wildman–Crippen MR) is 112 cm³/mol. The number of halogens is 1. The van der Waals surface area contributed by atoms with Crippen LogP contribution in [0.1, 0.15) is 21.5 Å². The van der Waals surface area contributed by atoms with E-state index in [1.54, 1.807) is 12.1 Å². The molecule has 0 unspecified atom stereocenters. The molecule has 0 aliphatic carbocycles. The molecule has 0 aromatic heterocycles. The molecule has 0 atom stereocenters. The number of hydrogen-bond donors (Lipinski definition) is 3. The van der Waals surface area contributed by atoms with Crippen LogP contribution in [0.3, 0.4) is 0 Å². The minimum atomic E-state index is -0.418. The normalized spacial score (nSPS) is 9.96. The first kappa shape index (κ1) is 20.1. The maximum absolute atomic E-state index is 12.1. The van der Waals surface area contributed by atoms with Crippen LogP contribution in [0.5, 0.6) is 5.75 Å². The van der Waals surface area contributed by atoms with Crippen LogP contribution in [-0.2, 0) is 4.79 Å². The Morgan fingerprint density at radius 3 is 2.35 bits per heavy atom. The van der Waals surface area contributed by atoms with Crippen LogP contribution in [0.15, 0.2) is 42.5 Å². The number of nitrogens with one attached hydrogen (secondary N) is 3. The summed E-state index contributed by atoms with van der Waals surface area (Å²) in [5.41, 5.74) is 7.28. The second kappa shape index (κ2) is 9.48. The summed E-state index contributed by atoms with van der Waals surface area (Å²) in [5.74, 6) is -0.0933. The zero-order valence-corrected chi connectivity index (χ0v) is 17.2. The number of hydrogen-bond acceptors (Lipinski definition) is 4. The minimum absolute atomic E-state index is 0.00456. The number of aryl methyl sites for hydroxylation is 2. The van der Waals surface area contributed by atoms with Crippen molar-refractivity contribution in [3.63, 3.8) is 0 Å². The molecular weight excluding hydrogens is 465 g/mol. The largest absolute Gasteiger partial charge is 0.483 e. The SMILES string of the molecule is Cc1cccc(C)c1OCC(=O)NNC(=S)NC(=O)c1ccccc1I. The van der Waals surface area contributed by atoms with Crippen molar-refractivity contribution in [2.24, 2.45) is 0 Å². The van der Waals surface area contributed by atoms with Gasteiger partial charge in [0.05, 0.1) is 5.56 Å². The Kier molecular flexibility index (Phi) is 7.34. The highest BCUT2D eigenvalue weighted by molar-refractivity contribution is 14.1. The van der Waals surface area contributed by atoms with Crippen molar-refractivity contribution in [2.45, 2.75) is 13.8 Å². The summed E-state index contributed by atoms with van der Waals surface area (Å²) >= 11 is 7.08. The van der Waals surface area contributed by atoms with Gasteiger partial charge in [-0.25, -0.2) is 0 Å². The second-order valence-electron chi connectivity index (χ2n) is 5.45. The van der Waals surface area contributed by atoms with Gasteiger partial charge < -0.3 is 4.74 Å². The van der Waals surface area contributed by atoms with Gasteiger partial charge in [0.1, 0.15) is 5.75 Å². The first-order valence-electron chi connectivity index (χ1n) is 7.72. The Labute approximate surface area is 170 Å². The quantitative estimate of drug-likeness (QED) is 0.354. The predicted octanol–water partition coefficient (Wildman–Crippen LogP) is 2.62. The standard InChI is InChI=1S/C18H18IN3O3S/c1-11-6-5-7-12(2)16(11)25-10-15(23)21-22-18(26)20-17(24)13-8-3-4-9-14(13)19/h3-9H,10H2,1-2H3,(H,21,23)(H2,20,22,24,26). The molecule has 3 N–H and O–H groups in total. The number of amides is 2. The van der Waals surface area contributed by atoms with Crippen molar-refractivity contribution in [1.29, 1.82) is 0 Å². The van der Waals surface area contributed by atoms with Crippen LogP contribution in [0.2, 0.25) is 0 Å². The van der Waals surface area contributed by atoms with Gasteiger partial charge in [-0.15, -0.1) is 0 Å². The van der Waals surface area contributed by atoms with Crippen LogP contribution >= 0.6 is 34.8 Å². The van der Waals surface area contributed by atoms with Crippen molar-refractivity contribution < 1.29 is 14.3 Å². The van der Waals surface area contributed by atoms with E-state index in [9.17, 15) is 9.59 Å². The van der Waals surface area contributed by atoms with Gasteiger partial charge in [0.15, 0.2) is 11.7 Å². The van der Waals surface area contributed by atoms with Gasteiger partial charge in [-0.05, 0) is 71.9 Å². The number of carbonyl (C=O) groups excluding carboxylic acids is 2. The molecule has 2 amide bonds. The Bertz CT molecular complexity index is 822. The Morgan fingerprint density at radius 1 is 1.04 bits per heavy atom. The van der Waals surface area contributed by atoms with E-state index >= 15 is 0 Å². The maximum Gasteiger partial charge on any atom is 0.276 e. The number of carbonyl (C=O) groups is 2. The van der Waals surface area contributed by atoms with E-state index in [1.807, 2.05) is 44.2 Å². The zero-order chi connectivity index (χ0) is 19.1. The molecule has 6 nitrogen and oxygen atoms in total. The van der Waals surface area contributed by atoms with E-state index in [2.05, 4.69) is 38.8 Å². The third kappa shape index (κ3) is 5.67. The van der Waals surface area contributed by atoms with Gasteiger partial charge in [0, 0.05) is 3.57 Å². The fraction of sp³-hybridized carbons (Fsp3) is 0.167. The Balaban J connectivity index is 1.79. The monoisotopic (exact) mass is 483 g/mol. The molecule has 0 radical (unpaired) electrons.